The lowest BCUT2D eigenvalue weighted by Gasteiger charge is -2.38. The number of carbonyl (C=O) groups is 3. The van der Waals surface area contributed by atoms with Gasteiger partial charge in [0, 0.05) is 37.9 Å². The highest BCUT2D eigenvalue weighted by molar-refractivity contribution is 6.02. The summed E-state index contributed by atoms with van der Waals surface area (Å²) in [7, 11) is 0. The molecule has 2 N–H and O–H groups in total. The van der Waals surface area contributed by atoms with Crippen molar-refractivity contribution in [2.75, 3.05) is 44.7 Å². The van der Waals surface area contributed by atoms with Gasteiger partial charge in [-0.05, 0) is 41.9 Å². The van der Waals surface area contributed by atoms with E-state index in [1.54, 1.807) is 4.90 Å². The molecule has 42 heavy (non-hydrogen) atoms. The first-order valence-corrected chi connectivity index (χ1v) is 15.9. The number of anilines is 1. The Labute approximate surface area is 249 Å². The van der Waals surface area contributed by atoms with Crippen molar-refractivity contribution in [2.24, 2.45) is 23.7 Å². The molecule has 9 heteroatoms. The van der Waals surface area contributed by atoms with Crippen LogP contribution in [0.1, 0.15) is 58.4 Å². The van der Waals surface area contributed by atoms with Gasteiger partial charge in [0.05, 0.1) is 31.2 Å². The molecule has 1 aliphatic carbocycles. The van der Waals surface area contributed by atoms with Gasteiger partial charge in [-0.15, -0.1) is 0 Å². The standard InChI is InChI=1S/C33H46N4O5/c1-20(2)23-8-10-24(11-9-23)34-30(38)27-26-12-13-33(42-26)28(27)32(40)37(15-14-36-16-18-41-19-17-36)29(33)31(39)35-25-7-5-6-21(3)22(25)4/h8-13,20-22,25-29H,5-7,14-19H2,1-4H3,(H,34,38)(H,35,39). The lowest BCUT2D eigenvalue weighted by atomic mass is 9.73. The number of likely N-dealkylation sites (tertiary alicyclic amines) is 1. The van der Waals surface area contributed by atoms with Gasteiger partial charge in [-0.3, -0.25) is 19.3 Å². The minimum Gasteiger partial charge on any atom is -0.379 e. The van der Waals surface area contributed by atoms with E-state index < -0.39 is 29.6 Å². The maximum Gasteiger partial charge on any atom is 0.246 e. The number of carbonyl (C=O) groups excluding carboxylic acids is 3. The third-order valence-corrected chi connectivity index (χ3v) is 10.6. The van der Waals surface area contributed by atoms with Gasteiger partial charge >= 0.3 is 0 Å². The Kier molecular flexibility index (Phi) is 8.19. The zero-order valence-electron chi connectivity index (χ0n) is 25.4. The summed E-state index contributed by atoms with van der Waals surface area (Å²) in [4.78, 5) is 46.2. The lowest BCUT2D eigenvalue weighted by Crippen LogP contribution is -2.58. The molecule has 3 amide bonds. The van der Waals surface area contributed by atoms with Crippen molar-refractivity contribution in [1.82, 2.24) is 15.1 Å². The van der Waals surface area contributed by atoms with Gasteiger partial charge in [0.25, 0.3) is 0 Å². The largest absolute Gasteiger partial charge is 0.379 e. The summed E-state index contributed by atoms with van der Waals surface area (Å²) in [5.74, 6) is -0.766. The van der Waals surface area contributed by atoms with Crippen LogP contribution in [0.5, 0.6) is 0 Å². The zero-order chi connectivity index (χ0) is 29.6. The summed E-state index contributed by atoms with van der Waals surface area (Å²) >= 11 is 0. The zero-order valence-corrected chi connectivity index (χ0v) is 25.4. The van der Waals surface area contributed by atoms with E-state index in [4.69, 9.17) is 9.47 Å². The molecule has 0 aromatic heterocycles. The molecule has 1 aromatic carbocycles. The molecule has 8 atom stereocenters. The van der Waals surface area contributed by atoms with Crippen LogP contribution in [0.15, 0.2) is 36.4 Å². The summed E-state index contributed by atoms with van der Waals surface area (Å²) < 4.78 is 12.0. The molecule has 6 rings (SSSR count). The quantitative estimate of drug-likeness (QED) is 0.460. The number of hydrogen-bond donors (Lipinski definition) is 2. The number of fused-ring (bicyclic) bond motifs is 1. The van der Waals surface area contributed by atoms with E-state index in [0.29, 0.717) is 49.7 Å². The van der Waals surface area contributed by atoms with Crippen LogP contribution in [0, 0.1) is 23.7 Å². The Morgan fingerprint density at radius 2 is 1.79 bits per heavy atom. The predicted octanol–water partition coefficient (Wildman–Crippen LogP) is 3.17. The van der Waals surface area contributed by atoms with E-state index >= 15 is 0 Å². The molecule has 8 unspecified atom stereocenters. The Morgan fingerprint density at radius 1 is 1.05 bits per heavy atom. The highest BCUT2D eigenvalue weighted by atomic mass is 16.5. The van der Waals surface area contributed by atoms with Crippen LogP contribution >= 0.6 is 0 Å². The predicted molar refractivity (Wildman–Crippen MR) is 160 cm³/mol. The van der Waals surface area contributed by atoms with E-state index in [9.17, 15) is 14.4 Å². The minimum absolute atomic E-state index is 0.0587. The monoisotopic (exact) mass is 578 g/mol. The van der Waals surface area contributed by atoms with Crippen LogP contribution in [0.2, 0.25) is 0 Å². The molecule has 2 bridgehead atoms. The van der Waals surface area contributed by atoms with Gasteiger partial charge < -0.3 is 25.0 Å². The van der Waals surface area contributed by atoms with Crippen molar-refractivity contribution in [3.05, 3.63) is 42.0 Å². The molecule has 4 fully saturated rings. The summed E-state index contributed by atoms with van der Waals surface area (Å²) in [5, 5.41) is 6.37. The Hall–Kier alpha value is -2.75. The number of nitrogens with zero attached hydrogens (tertiary/aromatic N) is 2. The molecule has 3 saturated heterocycles. The summed E-state index contributed by atoms with van der Waals surface area (Å²) in [5.41, 5.74) is 0.731. The molecule has 1 aromatic rings. The van der Waals surface area contributed by atoms with Crippen LogP contribution in [0.25, 0.3) is 0 Å². The van der Waals surface area contributed by atoms with Gasteiger partial charge in [-0.2, -0.15) is 0 Å². The van der Waals surface area contributed by atoms with Gasteiger partial charge in [-0.25, -0.2) is 0 Å². The molecular weight excluding hydrogens is 532 g/mol. The first kappa shape index (κ1) is 29.3. The molecule has 0 radical (unpaired) electrons. The van der Waals surface area contributed by atoms with Crippen molar-refractivity contribution in [3.8, 4) is 0 Å². The number of benzene rings is 1. The maximum absolute atomic E-state index is 14.3. The second kappa shape index (κ2) is 11.7. The first-order chi connectivity index (χ1) is 20.2. The van der Waals surface area contributed by atoms with Gasteiger partial charge in [0.2, 0.25) is 17.7 Å². The fraction of sp³-hybridized carbons (Fsp3) is 0.667. The van der Waals surface area contributed by atoms with Gasteiger partial charge in [-0.1, -0.05) is 64.8 Å². The van der Waals surface area contributed by atoms with Gasteiger partial charge in [0.1, 0.15) is 11.6 Å². The summed E-state index contributed by atoms with van der Waals surface area (Å²) in [6, 6.07) is 7.08. The third kappa shape index (κ3) is 5.18. The van der Waals surface area contributed by atoms with Crippen molar-refractivity contribution < 1.29 is 23.9 Å². The van der Waals surface area contributed by atoms with Crippen LogP contribution in [-0.2, 0) is 23.9 Å². The number of nitrogens with one attached hydrogen (secondary N) is 2. The second-order valence-electron chi connectivity index (χ2n) is 13.3. The number of rotatable bonds is 8. The van der Waals surface area contributed by atoms with E-state index in [0.717, 1.165) is 32.4 Å². The normalized spacial score (nSPS) is 36.0. The fourth-order valence-electron chi connectivity index (χ4n) is 7.81. The summed E-state index contributed by atoms with van der Waals surface area (Å²) in [6.45, 7) is 12.7. The highest BCUT2D eigenvalue weighted by Crippen LogP contribution is 2.55. The highest BCUT2D eigenvalue weighted by Gasteiger charge is 2.72. The van der Waals surface area contributed by atoms with Crippen LogP contribution < -0.4 is 10.6 Å². The topological polar surface area (TPSA) is 100 Å². The van der Waals surface area contributed by atoms with Crippen LogP contribution in [0.4, 0.5) is 5.69 Å². The molecule has 9 nitrogen and oxygen atoms in total. The second-order valence-corrected chi connectivity index (χ2v) is 13.3. The van der Waals surface area contributed by atoms with Gasteiger partial charge in [0.15, 0.2) is 0 Å². The third-order valence-electron chi connectivity index (χ3n) is 10.6. The Morgan fingerprint density at radius 3 is 2.50 bits per heavy atom. The maximum atomic E-state index is 14.3. The van der Waals surface area contributed by atoms with Crippen molar-refractivity contribution >= 4 is 23.4 Å². The summed E-state index contributed by atoms with van der Waals surface area (Å²) in [6.07, 6.45) is 6.41. The van der Waals surface area contributed by atoms with Crippen molar-refractivity contribution in [3.63, 3.8) is 0 Å². The number of ether oxygens (including phenoxy) is 2. The fourth-order valence-corrected chi connectivity index (χ4v) is 7.81. The van der Waals surface area contributed by atoms with E-state index in [1.165, 1.54) is 5.56 Å². The van der Waals surface area contributed by atoms with Crippen molar-refractivity contribution in [1.29, 1.82) is 0 Å². The molecular formula is C33H46N4O5. The van der Waals surface area contributed by atoms with Crippen LogP contribution in [0.3, 0.4) is 0 Å². The number of hydrogen-bond acceptors (Lipinski definition) is 6. The van der Waals surface area contributed by atoms with E-state index in [-0.39, 0.29) is 23.8 Å². The molecule has 1 spiro atoms. The van der Waals surface area contributed by atoms with Crippen molar-refractivity contribution in [2.45, 2.75) is 76.7 Å². The van der Waals surface area contributed by atoms with Crippen LogP contribution in [-0.4, -0.2) is 90.7 Å². The molecule has 4 aliphatic heterocycles. The molecule has 1 saturated carbocycles. The average Bonchev–Trinajstić information content (AvgIpc) is 3.62. The SMILES string of the molecule is CC(C)c1ccc(NC(=O)C2C3C=CC4(O3)C2C(=O)N(CCN2CCOCC2)C4C(=O)NC2CCCC(C)C2C)cc1. The van der Waals surface area contributed by atoms with E-state index in [2.05, 4.69) is 43.2 Å². The smallest absolute Gasteiger partial charge is 0.246 e. The average molecular weight is 579 g/mol. The van der Waals surface area contributed by atoms with E-state index in [1.807, 2.05) is 36.4 Å². The lowest BCUT2D eigenvalue weighted by molar-refractivity contribution is -0.142. The molecule has 4 heterocycles. The number of morpholine rings is 1. The molecule has 228 valence electrons. The molecule has 5 aliphatic rings. The number of amides is 3. The Balaban J connectivity index is 1.25. The minimum atomic E-state index is -1.15. The first-order valence-electron chi connectivity index (χ1n) is 15.9. The Bertz CT molecular complexity index is 1210.